The Bertz CT molecular complexity index is 286. The molecular weight excluding hydrogens is 190 g/mol. The molecule has 5 nitrogen and oxygen atoms in total. The van der Waals surface area contributed by atoms with Crippen molar-refractivity contribution < 1.29 is 0 Å². The molecule has 2 rings (SSSR count). The van der Waals surface area contributed by atoms with Gasteiger partial charge in [0.2, 0.25) is 0 Å². The maximum absolute atomic E-state index is 5.95. The summed E-state index contributed by atoms with van der Waals surface area (Å²) in [4.78, 5) is 2.32. The van der Waals surface area contributed by atoms with Crippen molar-refractivity contribution in [3.05, 3.63) is 24.0 Å². The van der Waals surface area contributed by atoms with Gasteiger partial charge in [0.1, 0.15) is 5.82 Å². The fourth-order valence-corrected chi connectivity index (χ4v) is 2.14. The van der Waals surface area contributed by atoms with Gasteiger partial charge in [-0.25, -0.2) is 5.84 Å². The number of hydrogen-bond donors (Lipinski definition) is 3. The molecule has 0 amide bonds. The lowest BCUT2D eigenvalue weighted by Gasteiger charge is -2.42. The Balaban J connectivity index is 2.10. The first-order valence-electron chi connectivity index (χ1n) is 5.29. The van der Waals surface area contributed by atoms with Crippen molar-refractivity contribution in [1.29, 1.82) is 0 Å². The third-order valence-corrected chi connectivity index (χ3v) is 3.15. The van der Waals surface area contributed by atoms with Crippen LogP contribution in [0.4, 0.5) is 0 Å². The first kappa shape index (κ1) is 10.5. The van der Waals surface area contributed by atoms with Gasteiger partial charge in [0.25, 0.3) is 0 Å². The summed E-state index contributed by atoms with van der Waals surface area (Å²) < 4.78 is 0. The van der Waals surface area contributed by atoms with Crippen LogP contribution in [0.15, 0.2) is 24.0 Å². The number of nitrogens with two attached hydrogens (primary N) is 2. The summed E-state index contributed by atoms with van der Waals surface area (Å²) in [7, 11) is 2.13. The Kier molecular flexibility index (Phi) is 2.95. The number of hydrazine groups is 1. The number of hydrogen-bond acceptors (Lipinski definition) is 5. The van der Waals surface area contributed by atoms with E-state index < -0.39 is 0 Å². The van der Waals surface area contributed by atoms with Gasteiger partial charge in [-0.15, -0.1) is 0 Å². The monoisotopic (exact) mass is 209 g/mol. The summed E-state index contributed by atoms with van der Waals surface area (Å²) in [6.07, 6.45) is 5.91. The lowest BCUT2D eigenvalue weighted by Crippen LogP contribution is -2.60. The Hall–Kier alpha value is -1.04. The van der Waals surface area contributed by atoms with Crippen LogP contribution in [0.5, 0.6) is 0 Å². The Labute approximate surface area is 90.4 Å². The van der Waals surface area contributed by atoms with Gasteiger partial charge >= 0.3 is 0 Å². The smallest absolute Gasteiger partial charge is 0.113 e. The summed E-state index contributed by atoms with van der Waals surface area (Å²) in [5.41, 5.74) is 5.79. The van der Waals surface area contributed by atoms with Crippen LogP contribution in [-0.4, -0.2) is 48.7 Å². The molecule has 2 heterocycles. The third kappa shape index (κ3) is 1.99. The highest BCUT2D eigenvalue weighted by molar-refractivity contribution is 5.20. The van der Waals surface area contributed by atoms with E-state index in [9.17, 15) is 0 Å². The van der Waals surface area contributed by atoms with Gasteiger partial charge in [-0.1, -0.05) is 12.2 Å². The molecule has 2 atom stereocenters. The molecule has 1 saturated heterocycles. The van der Waals surface area contributed by atoms with Crippen molar-refractivity contribution in [2.75, 3.05) is 26.7 Å². The van der Waals surface area contributed by atoms with E-state index in [4.69, 9.17) is 11.6 Å². The minimum absolute atomic E-state index is 0.160. The first-order chi connectivity index (χ1) is 7.20. The maximum Gasteiger partial charge on any atom is 0.113 e. The number of nitrogens with one attached hydrogen (secondary N) is 1. The molecule has 0 aromatic rings. The predicted molar refractivity (Wildman–Crippen MR) is 60.5 cm³/mol. The summed E-state index contributed by atoms with van der Waals surface area (Å²) in [5.74, 6) is 6.58. The molecule has 2 aliphatic heterocycles. The average molecular weight is 209 g/mol. The topological polar surface area (TPSA) is 70.5 Å². The highest BCUT2D eigenvalue weighted by Crippen LogP contribution is 2.16. The molecule has 5 N–H and O–H groups in total. The van der Waals surface area contributed by atoms with Crippen LogP contribution < -0.4 is 16.9 Å². The number of allylic oxidation sites excluding steroid dienone is 2. The van der Waals surface area contributed by atoms with Crippen LogP contribution in [-0.2, 0) is 0 Å². The molecule has 2 unspecified atom stereocenters. The lowest BCUT2D eigenvalue weighted by molar-refractivity contribution is 0.119. The van der Waals surface area contributed by atoms with E-state index in [0.717, 1.165) is 19.6 Å². The van der Waals surface area contributed by atoms with Crippen LogP contribution in [0.3, 0.4) is 0 Å². The zero-order valence-electron chi connectivity index (χ0n) is 9.06. The second-order valence-corrected chi connectivity index (χ2v) is 4.13. The Morgan fingerprint density at radius 1 is 1.53 bits per heavy atom. The van der Waals surface area contributed by atoms with Gasteiger partial charge in [0.05, 0.1) is 6.04 Å². The molecule has 0 aromatic heterocycles. The third-order valence-electron chi connectivity index (χ3n) is 3.15. The summed E-state index contributed by atoms with van der Waals surface area (Å²) in [5, 5.41) is 5.03. The highest BCUT2D eigenvalue weighted by atomic mass is 15.5. The molecule has 84 valence electrons. The molecular formula is C10H19N5. The average Bonchev–Trinajstić information content (AvgIpc) is 2.23. The van der Waals surface area contributed by atoms with Crippen molar-refractivity contribution in [1.82, 2.24) is 15.2 Å². The number of nitrogens with zero attached hydrogens (tertiary/aromatic N) is 2. The van der Waals surface area contributed by atoms with E-state index in [1.165, 1.54) is 0 Å². The minimum atomic E-state index is 0.160. The quantitative estimate of drug-likeness (QED) is 0.473. The molecule has 1 fully saturated rings. The van der Waals surface area contributed by atoms with E-state index in [1.807, 2.05) is 12.2 Å². The van der Waals surface area contributed by atoms with Gasteiger partial charge in [-0.3, -0.25) is 9.91 Å². The van der Waals surface area contributed by atoms with Gasteiger partial charge in [-0.2, -0.15) is 0 Å². The largest absolute Gasteiger partial charge is 0.384 e. The Morgan fingerprint density at radius 3 is 3.07 bits per heavy atom. The van der Waals surface area contributed by atoms with Crippen molar-refractivity contribution in [3.8, 4) is 0 Å². The van der Waals surface area contributed by atoms with Crippen LogP contribution in [0, 0.1) is 0 Å². The van der Waals surface area contributed by atoms with Crippen molar-refractivity contribution in [3.63, 3.8) is 0 Å². The number of likely N-dealkylation sites (N-methyl/N-ethyl adjacent to an activating group) is 1. The van der Waals surface area contributed by atoms with Crippen LogP contribution >= 0.6 is 0 Å². The van der Waals surface area contributed by atoms with Gasteiger partial charge in [-0.05, 0) is 13.1 Å². The highest BCUT2D eigenvalue weighted by Gasteiger charge is 2.30. The van der Waals surface area contributed by atoms with E-state index in [1.54, 1.807) is 5.01 Å². The van der Waals surface area contributed by atoms with Crippen LogP contribution in [0.25, 0.3) is 0 Å². The zero-order chi connectivity index (χ0) is 10.8. The molecule has 0 radical (unpaired) electrons. The van der Waals surface area contributed by atoms with Crippen molar-refractivity contribution in [2.45, 2.75) is 12.1 Å². The number of rotatable bonds is 1. The van der Waals surface area contributed by atoms with Gasteiger partial charge in [0.15, 0.2) is 0 Å². The van der Waals surface area contributed by atoms with Gasteiger partial charge in [0, 0.05) is 25.7 Å². The molecule has 0 aromatic carbocycles. The number of piperazine rings is 1. The zero-order valence-corrected chi connectivity index (χ0v) is 9.06. The van der Waals surface area contributed by atoms with Crippen LogP contribution in [0.2, 0.25) is 0 Å². The van der Waals surface area contributed by atoms with Gasteiger partial charge < -0.3 is 11.1 Å². The fraction of sp³-hybridized carbons (Fsp3) is 0.600. The maximum atomic E-state index is 5.95. The summed E-state index contributed by atoms with van der Waals surface area (Å²) in [6, 6.07) is 0.542. The van der Waals surface area contributed by atoms with E-state index >= 15 is 0 Å². The predicted octanol–water partition coefficient (Wildman–Crippen LogP) is -1.20. The SMILES string of the molecule is CN1CCNCC1C1C=CC=C(N)N1N. The fourth-order valence-electron chi connectivity index (χ4n) is 2.14. The second kappa shape index (κ2) is 4.22. The van der Waals surface area contributed by atoms with E-state index in [-0.39, 0.29) is 6.04 Å². The molecule has 2 aliphatic rings. The molecule has 5 heteroatoms. The molecule has 0 spiro atoms. The summed E-state index contributed by atoms with van der Waals surface area (Å²) in [6.45, 7) is 3.04. The van der Waals surface area contributed by atoms with Crippen molar-refractivity contribution in [2.24, 2.45) is 11.6 Å². The Morgan fingerprint density at radius 2 is 2.33 bits per heavy atom. The normalized spacial score (nSPS) is 32.9. The molecule has 0 aliphatic carbocycles. The minimum Gasteiger partial charge on any atom is -0.384 e. The van der Waals surface area contributed by atoms with Crippen LogP contribution in [0.1, 0.15) is 0 Å². The first-order valence-corrected chi connectivity index (χ1v) is 5.29. The van der Waals surface area contributed by atoms with E-state index in [0.29, 0.717) is 11.9 Å². The standard InChI is InChI=1S/C10H19N5/c1-14-6-5-13-7-9(14)8-3-2-4-10(11)15(8)12/h2-4,8-9,13H,5-7,11-12H2,1H3. The lowest BCUT2D eigenvalue weighted by atomic mass is 10.0. The second-order valence-electron chi connectivity index (χ2n) is 4.13. The molecule has 0 bridgehead atoms. The summed E-state index contributed by atoms with van der Waals surface area (Å²) >= 11 is 0. The molecule has 15 heavy (non-hydrogen) atoms. The van der Waals surface area contributed by atoms with E-state index in [2.05, 4.69) is 23.3 Å². The molecule has 0 saturated carbocycles. The van der Waals surface area contributed by atoms with Crippen molar-refractivity contribution >= 4 is 0 Å².